The molecule has 3 aromatic rings. The van der Waals surface area contributed by atoms with Gasteiger partial charge in [0.15, 0.2) is 5.60 Å². The molecule has 1 aliphatic heterocycles. The van der Waals surface area contributed by atoms with E-state index in [0.29, 0.717) is 22.5 Å². The summed E-state index contributed by atoms with van der Waals surface area (Å²) in [6.07, 6.45) is -4.50. The lowest BCUT2D eigenvalue weighted by molar-refractivity contribution is -0.141. The van der Waals surface area contributed by atoms with Crippen molar-refractivity contribution in [3.05, 3.63) is 82.2 Å². The zero-order valence-electron chi connectivity index (χ0n) is 18.3. The molecule has 1 amide bonds. The monoisotopic (exact) mass is 457 g/mol. The topological polar surface area (TPSA) is 73.2 Å². The van der Waals surface area contributed by atoms with Gasteiger partial charge in [0.1, 0.15) is 0 Å². The standard InChI is InChI=1S/C24H22F3N3O3/c1-14-10-15(2)30(29-14)18-9-8-17(20(11-18)24(25,26)27)13-28-22(32)23(3)12-16-6-4-5-7-19(16)21(31)33-23/h4-11H,12-13H2,1-3H3,(H,28,32). The van der Waals surface area contributed by atoms with Gasteiger partial charge in [0.2, 0.25) is 0 Å². The molecule has 0 aliphatic carbocycles. The average Bonchev–Trinajstić information content (AvgIpc) is 3.09. The van der Waals surface area contributed by atoms with Gasteiger partial charge in [-0.05, 0) is 56.2 Å². The van der Waals surface area contributed by atoms with Gasteiger partial charge in [-0.25, -0.2) is 9.48 Å². The van der Waals surface area contributed by atoms with Gasteiger partial charge in [-0.15, -0.1) is 0 Å². The summed E-state index contributed by atoms with van der Waals surface area (Å²) in [5, 5.41) is 6.74. The molecule has 1 aliphatic rings. The van der Waals surface area contributed by atoms with Crippen LogP contribution in [0.5, 0.6) is 0 Å². The minimum Gasteiger partial charge on any atom is -0.445 e. The van der Waals surface area contributed by atoms with E-state index in [1.165, 1.54) is 23.7 Å². The number of ether oxygens (including phenoxy) is 1. The van der Waals surface area contributed by atoms with Crippen LogP contribution in [-0.2, 0) is 28.7 Å². The highest BCUT2D eigenvalue weighted by Crippen LogP contribution is 2.34. The third-order valence-electron chi connectivity index (χ3n) is 5.66. The van der Waals surface area contributed by atoms with Crippen molar-refractivity contribution in [2.24, 2.45) is 0 Å². The Hall–Kier alpha value is -3.62. The van der Waals surface area contributed by atoms with Crippen LogP contribution in [0.3, 0.4) is 0 Å². The number of halogens is 3. The van der Waals surface area contributed by atoms with Crippen LogP contribution in [0.1, 0.15) is 45.4 Å². The highest BCUT2D eigenvalue weighted by Gasteiger charge is 2.42. The molecule has 0 saturated carbocycles. The van der Waals surface area contributed by atoms with E-state index in [1.54, 1.807) is 44.2 Å². The smallest absolute Gasteiger partial charge is 0.416 e. The van der Waals surface area contributed by atoms with Crippen LogP contribution in [0, 0.1) is 13.8 Å². The summed E-state index contributed by atoms with van der Waals surface area (Å²) in [6, 6.07) is 12.4. The number of esters is 1. The lowest BCUT2D eigenvalue weighted by atomic mass is 9.89. The second-order valence-electron chi connectivity index (χ2n) is 8.32. The SMILES string of the molecule is Cc1cc(C)n(-c2ccc(CNC(=O)C3(C)Cc4ccccc4C(=O)O3)c(C(F)(F)F)c2)n1. The minimum atomic E-state index is -4.63. The Labute approximate surface area is 188 Å². The van der Waals surface area contributed by atoms with Gasteiger partial charge in [0.25, 0.3) is 5.91 Å². The number of aromatic nitrogens is 2. The van der Waals surface area contributed by atoms with Crippen LogP contribution >= 0.6 is 0 Å². The number of nitrogens with one attached hydrogen (secondary N) is 1. The Morgan fingerprint density at radius 3 is 2.58 bits per heavy atom. The predicted molar refractivity (Wildman–Crippen MR) is 114 cm³/mol. The number of fused-ring (bicyclic) bond motifs is 1. The molecule has 2 aromatic carbocycles. The highest BCUT2D eigenvalue weighted by molar-refractivity contribution is 5.97. The molecule has 6 nitrogen and oxygen atoms in total. The molecule has 0 radical (unpaired) electrons. The molecule has 0 fully saturated rings. The summed E-state index contributed by atoms with van der Waals surface area (Å²) >= 11 is 0. The predicted octanol–water partition coefficient (Wildman–Crippen LogP) is 4.30. The summed E-state index contributed by atoms with van der Waals surface area (Å²) in [5.41, 5.74) is 0.193. The van der Waals surface area contributed by atoms with E-state index in [2.05, 4.69) is 10.4 Å². The Morgan fingerprint density at radius 1 is 1.18 bits per heavy atom. The van der Waals surface area contributed by atoms with E-state index in [9.17, 15) is 22.8 Å². The number of aryl methyl sites for hydroxylation is 2. The molecule has 1 unspecified atom stereocenters. The number of cyclic esters (lactones) is 1. The second kappa shape index (κ2) is 8.06. The van der Waals surface area contributed by atoms with Crippen LogP contribution in [-0.4, -0.2) is 27.3 Å². The molecule has 33 heavy (non-hydrogen) atoms. The Kier molecular flexibility index (Phi) is 5.51. The average molecular weight is 457 g/mol. The molecule has 1 aromatic heterocycles. The maximum absolute atomic E-state index is 13.8. The van der Waals surface area contributed by atoms with Crippen LogP contribution in [0.25, 0.3) is 5.69 Å². The summed E-state index contributed by atoms with van der Waals surface area (Å²) in [7, 11) is 0. The van der Waals surface area contributed by atoms with Crippen molar-refractivity contribution in [3.8, 4) is 5.69 Å². The third-order valence-corrected chi connectivity index (χ3v) is 5.66. The van der Waals surface area contributed by atoms with Gasteiger partial charge in [-0.2, -0.15) is 18.3 Å². The van der Waals surface area contributed by atoms with Crippen molar-refractivity contribution < 1.29 is 27.5 Å². The molecular formula is C24H22F3N3O3. The summed E-state index contributed by atoms with van der Waals surface area (Å²) in [4.78, 5) is 25.2. The number of nitrogens with zero attached hydrogens (tertiary/aromatic N) is 2. The van der Waals surface area contributed by atoms with E-state index >= 15 is 0 Å². The molecule has 1 N–H and O–H groups in total. The fraction of sp³-hybridized carbons (Fsp3) is 0.292. The van der Waals surface area contributed by atoms with Crippen molar-refractivity contribution in [1.82, 2.24) is 15.1 Å². The fourth-order valence-corrected chi connectivity index (χ4v) is 4.03. The van der Waals surface area contributed by atoms with Gasteiger partial charge in [0.05, 0.1) is 22.5 Å². The zero-order chi connectivity index (χ0) is 24.0. The second-order valence-corrected chi connectivity index (χ2v) is 8.32. The summed E-state index contributed by atoms with van der Waals surface area (Å²) < 4.78 is 48.2. The number of hydrogen-bond acceptors (Lipinski definition) is 4. The number of alkyl halides is 3. The Morgan fingerprint density at radius 2 is 1.91 bits per heavy atom. The minimum absolute atomic E-state index is 0.104. The maximum Gasteiger partial charge on any atom is 0.416 e. The van der Waals surface area contributed by atoms with Crippen molar-refractivity contribution in [1.29, 1.82) is 0 Å². The normalized spacial score (nSPS) is 17.9. The van der Waals surface area contributed by atoms with Crippen LogP contribution in [0.15, 0.2) is 48.5 Å². The van der Waals surface area contributed by atoms with Crippen molar-refractivity contribution in [2.75, 3.05) is 0 Å². The lowest BCUT2D eigenvalue weighted by Crippen LogP contribution is -2.51. The first-order chi connectivity index (χ1) is 15.5. The zero-order valence-corrected chi connectivity index (χ0v) is 18.3. The highest BCUT2D eigenvalue weighted by atomic mass is 19.4. The number of rotatable bonds is 4. The number of hydrogen-bond donors (Lipinski definition) is 1. The van der Waals surface area contributed by atoms with Crippen LogP contribution in [0.2, 0.25) is 0 Å². The molecular weight excluding hydrogens is 435 g/mol. The van der Waals surface area contributed by atoms with Crippen molar-refractivity contribution in [3.63, 3.8) is 0 Å². The molecule has 0 spiro atoms. The van der Waals surface area contributed by atoms with E-state index < -0.39 is 29.2 Å². The maximum atomic E-state index is 13.8. The number of carbonyl (C=O) groups excluding carboxylic acids is 2. The fourth-order valence-electron chi connectivity index (χ4n) is 4.03. The molecule has 1 atom stereocenters. The molecule has 0 saturated heterocycles. The number of carbonyl (C=O) groups is 2. The first-order valence-corrected chi connectivity index (χ1v) is 10.3. The first-order valence-electron chi connectivity index (χ1n) is 10.3. The molecule has 0 bridgehead atoms. The molecule has 2 heterocycles. The largest absolute Gasteiger partial charge is 0.445 e. The summed E-state index contributed by atoms with van der Waals surface area (Å²) in [5.74, 6) is -1.30. The van der Waals surface area contributed by atoms with Crippen molar-refractivity contribution in [2.45, 2.75) is 45.5 Å². The quantitative estimate of drug-likeness (QED) is 0.593. The van der Waals surface area contributed by atoms with Gasteiger partial charge >= 0.3 is 12.1 Å². The molecule has 172 valence electrons. The number of amides is 1. The molecule has 4 rings (SSSR count). The van der Waals surface area contributed by atoms with Gasteiger partial charge < -0.3 is 10.1 Å². The lowest BCUT2D eigenvalue weighted by Gasteiger charge is -2.33. The van der Waals surface area contributed by atoms with Crippen molar-refractivity contribution >= 4 is 11.9 Å². The Bertz CT molecular complexity index is 1250. The van der Waals surface area contributed by atoms with Gasteiger partial charge in [0, 0.05) is 18.7 Å². The Balaban J connectivity index is 1.57. The van der Waals surface area contributed by atoms with E-state index in [4.69, 9.17) is 4.74 Å². The third kappa shape index (κ3) is 4.35. The van der Waals surface area contributed by atoms with Crippen LogP contribution in [0.4, 0.5) is 13.2 Å². The number of benzene rings is 2. The van der Waals surface area contributed by atoms with Gasteiger partial charge in [-0.3, -0.25) is 4.79 Å². The van der Waals surface area contributed by atoms with E-state index in [-0.39, 0.29) is 24.2 Å². The van der Waals surface area contributed by atoms with E-state index in [1.807, 2.05) is 0 Å². The van der Waals surface area contributed by atoms with Gasteiger partial charge in [-0.1, -0.05) is 24.3 Å². The molecule has 9 heteroatoms. The summed E-state index contributed by atoms with van der Waals surface area (Å²) in [6.45, 7) is 4.59. The van der Waals surface area contributed by atoms with Crippen LogP contribution < -0.4 is 5.32 Å². The first kappa shape index (κ1) is 22.6. The van der Waals surface area contributed by atoms with E-state index in [0.717, 1.165) is 6.07 Å².